The summed E-state index contributed by atoms with van der Waals surface area (Å²) in [4.78, 5) is 14.5. The average Bonchev–Trinajstić information content (AvgIpc) is 2.62. The zero-order chi connectivity index (χ0) is 17.8. The van der Waals surface area contributed by atoms with Gasteiger partial charge >= 0.3 is 0 Å². The number of allylic oxidation sites excluding steroid dienone is 1. The highest BCUT2D eigenvalue weighted by molar-refractivity contribution is 6.04. The predicted molar refractivity (Wildman–Crippen MR) is 100 cm³/mol. The Morgan fingerprint density at radius 3 is 2.56 bits per heavy atom. The van der Waals surface area contributed by atoms with E-state index >= 15 is 0 Å². The molecule has 0 heterocycles. The van der Waals surface area contributed by atoms with Crippen molar-refractivity contribution >= 4 is 17.2 Å². The van der Waals surface area contributed by atoms with E-state index in [1.54, 1.807) is 0 Å². The number of carbonyl (C=O) groups is 1. The fourth-order valence-corrected chi connectivity index (χ4v) is 3.15. The second kappa shape index (κ2) is 7.62. The first kappa shape index (κ1) is 17.4. The van der Waals surface area contributed by atoms with Crippen LogP contribution in [0.3, 0.4) is 0 Å². The maximum atomic E-state index is 13.0. The Hall–Kier alpha value is -2.46. The molecule has 1 aliphatic rings. The summed E-state index contributed by atoms with van der Waals surface area (Å²) in [6, 6.07) is 14.1. The van der Waals surface area contributed by atoms with Crippen LogP contribution in [0.2, 0.25) is 0 Å². The van der Waals surface area contributed by atoms with E-state index in [0.29, 0.717) is 11.6 Å². The Morgan fingerprint density at radius 1 is 1.16 bits per heavy atom. The molecule has 3 nitrogen and oxygen atoms in total. The van der Waals surface area contributed by atoms with E-state index in [1.807, 2.05) is 18.2 Å². The van der Waals surface area contributed by atoms with E-state index < -0.39 is 0 Å². The van der Waals surface area contributed by atoms with Crippen molar-refractivity contribution in [2.45, 2.75) is 25.3 Å². The molecular weight excluding hydrogens is 315 g/mol. The van der Waals surface area contributed by atoms with E-state index in [4.69, 9.17) is 0 Å². The molecule has 4 heteroatoms. The lowest BCUT2D eigenvalue weighted by Gasteiger charge is -2.27. The molecule has 25 heavy (non-hydrogen) atoms. The van der Waals surface area contributed by atoms with E-state index in [9.17, 15) is 9.18 Å². The molecule has 1 unspecified atom stereocenters. The number of rotatable bonds is 4. The Labute approximate surface area is 148 Å². The van der Waals surface area contributed by atoms with Crippen LogP contribution in [0.25, 0.3) is 5.57 Å². The SMILES string of the molecule is CN(C)C1CC=C(c2cccc(NC(=O)c3ccc(F)cc3)c2)CC1. The van der Waals surface area contributed by atoms with E-state index in [0.717, 1.165) is 30.5 Å². The Balaban J connectivity index is 1.71. The maximum absolute atomic E-state index is 13.0. The van der Waals surface area contributed by atoms with Crippen molar-refractivity contribution < 1.29 is 9.18 Å². The van der Waals surface area contributed by atoms with Crippen molar-refractivity contribution in [2.75, 3.05) is 19.4 Å². The van der Waals surface area contributed by atoms with Gasteiger partial charge in [-0.25, -0.2) is 4.39 Å². The van der Waals surface area contributed by atoms with Crippen molar-refractivity contribution in [2.24, 2.45) is 0 Å². The van der Waals surface area contributed by atoms with Crippen LogP contribution in [-0.2, 0) is 0 Å². The van der Waals surface area contributed by atoms with E-state index in [2.05, 4.69) is 36.5 Å². The number of hydrogen-bond acceptors (Lipinski definition) is 2. The summed E-state index contributed by atoms with van der Waals surface area (Å²) in [6.45, 7) is 0. The maximum Gasteiger partial charge on any atom is 0.255 e. The number of halogens is 1. The molecule has 1 atom stereocenters. The van der Waals surface area contributed by atoms with Gasteiger partial charge in [0.15, 0.2) is 0 Å². The van der Waals surface area contributed by atoms with Gasteiger partial charge in [-0.3, -0.25) is 4.79 Å². The molecule has 0 saturated heterocycles. The third-order valence-electron chi connectivity index (χ3n) is 4.71. The molecule has 1 amide bonds. The Bertz CT molecular complexity index is 781. The van der Waals surface area contributed by atoms with Gasteiger partial charge in [-0.05, 0) is 80.9 Å². The van der Waals surface area contributed by atoms with Crippen LogP contribution in [0.15, 0.2) is 54.6 Å². The molecule has 1 N–H and O–H groups in total. The lowest BCUT2D eigenvalue weighted by Crippen LogP contribution is -2.28. The largest absolute Gasteiger partial charge is 0.322 e. The molecule has 0 bridgehead atoms. The zero-order valence-electron chi connectivity index (χ0n) is 14.6. The normalized spacial score (nSPS) is 17.3. The predicted octanol–water partition coefficient (Wildman–Crippen LogP) is 4.58. The van der Waals surface area contributed by atoms with E-state index in [1.165, 1.54) is 29.8 Å². The summed E-state index contributed by atoms with van der Waals surface area (Å²) in [7, 11) is 4.24. The number of amides is 1. The standard InChI is InChI=1S/C21H23FN2O/c1-24(2)20-12-8-15(9-13-20)17-4-3-5-19(14-17)23-21(25)16-6-10-18(22)11-7-16/h3-8,10-11,14,20H,9,12-13H2,1-2H3,(H,23,25). The summed E-state index contributed by atoms with van der Waals surface area (Å²) < 4.78 is 13.0. The van der Waals surface area contributed by atoms with Crippen LogP contribution in [0.4, 0.5) is 10.1 Å². The third kappa shape index (κ3) is 4.34. The quantitative estimate of drug-likeness (QED) is 0.885. The van der Waals surface area contributed by atoms with Gasteiger partial charge in [0.25, 0.3) is 5.91 Å². The molecule has 0 aromatic heterocycles. The first-order valence-corrected chi connectivity index (χ1v) is 8.56. The summed E-state index contributed by atoms with van der Waals surface area (Å²) in [5.41, 5.74) is 3.67. The molecule has 2 aromatic carbocycles. The first-order valence-electron chi connectivity index (χ1n) is 8.56. The number of nitrogens with one attached hydrogen (secondary N) is 1. The van der Waals surface area contributed by atoms with Gasteiger partial charge in [-0.15, -0.1) is 0 Å². The molecule has 2 aromatic rings. The average molecular weight is 338 g/mol. The van der Waals surface area contributed by atoms with Crippen LogP contribution < -0.4 is 5.32 Å². The number of carbonyl (C=O) groups excluding carboxylic acids is 1. The molecule has 0 fully saturated rings. The second-order valence-corrected chi connectivity index (χ2v) is 6.66. The van der Waals surface area contributed by atoms with E-state index in [-0.39, 0.29) is 11.7 Å². The van der Waals surface area contributed by atoms with Crippen molar-refractivity contribution in [1.29, 1.82) is 0 Å². The highest BCUT2D eigenvalue weighted by atomic mass is 19.1. The monoisotopic (exact) mass is 338 g/mol. The Morgan fingerprint density at radius 2 is 1.92 bits per heavy atom. The lowest BCUT2D eigenvalue weighted by atomic mass is 9.90. The number of anilines is 1. The number of benzene rings is 2. The summed E-state index contributed by atoms with van der Waals surface area (Å²) in [5, 5.41) is 2.89. The fraction of sp³-hybridized carbons (Fsp3) is 0.286. The van der Waals surface area contributed by atoms with Crippen LogP contribution in [-0.4, -0.2) is 30.9 Å². The molecule has 0 aliphatic heterocycles. The van der Waals surface area contributed by atoms with Gasteiger partial charge in [-0.1, -0.05) is 18.2 Å². The smallest absolute Gasteiger partial charge is 0.255 e. The topological polar surface area (TPSA) is 32.3 Å². The highest BCUT2D eigenvalue weighted by Gasteiger charge is 2.17. The minimum Gasteiger partial charge on any atom is -0.322 e. The van der Waals surface area contributed by atoms with Crippen LogP contribution in [0, 0.1) is 5.82 Å². The van der Waals surface area contributed by atoms with Crippen molar-refractivity contribution in [3.05, 3.63) is 71.6 Å². The molecule has 3 rings (SSSR count). The molecule has 130 valence electrons. The fourth-order valence-electron chi connectivity index (χ4n) is 3.15. The summed E-state index contributed by atoms with van der Waals surface area (Å²) in [5.74, 6) is -0.582. The van der Waals surface area contributed by atoms with Gasteiger partial charge in [0.05, 0.1) is 0 Å². The van der Waals surface area contributed by atoms with Gasteiger partial charge in [0, 0.05) is 17.3 Å². The van der Waals surface area contributed by atoms with Gasteiger partial charge < -0.3 is 10.2 Å². The van der Waals surface area contributed by atoms with Crippen LogP contribution >= 0.6 is 0 Å². The van der Waals surface area contributed by atoms with Gasteiger partial charge in [0.2, 0.25) is 0 Å². The molecule has 0 spiro atoms. The summed E-state index contributed by atoms with van der Waals surface area (Å²) >= 11 is 0. The molecule has 0 radical (unpaired) electrons. The Kier molecular flexibility index (Phi) is 5.29. The number of hydrogen-bond donors (Lipinski definition) is 1. The van der Waals surface area contributed by atoms with Crippen LogP contribution in [0.5, 0.6) is 0 Å². The van der Waals surface area contributed by atoms with Crippen molar-refractivity contribution in [1.82, 2.24) is 4.90 Å². The third-order valence-corrected chi connectivity index (χ3v) is 4.71. The lowest BCUT2D eigenvalue weighted by molar-refractivity contribution is 0.102. The highest BCUT2D eigenvalue weighted by Crippen LogP contribution is 2.29. The number of nitrogens with zero attached hydrogens (tertiary/aromatic N) is 1. The first-order chi connectivity index (χ1) is 12.0. The molecule has 0 saturated carbocycles. The van der Waals surface area contributed by atoms with Gasteiger partial charge in [-0.2, -0.15) is 0 Å². The minimum atomic E-state index is -0.348. The van der Waals surface area contributed by atoms with Crippen molar-refractivity contribution in [3.63, 3.8) is 0 Å². The zero-order valence-corrected chi connectivity index (χ0v) is 14.6. The van der Waals surface area contributed by atoms with Crippen LogP contribution in [0.1, 0.15) is 35.2 Å². The van der Waals surface area contributed by atoms with Gasteiger partial charge in [0.1, 0.15) is 5.82 Å². The minimum absolute atomic E-state index is 0.234. The second-order valence-electron chi connectivity index (χ2n) is 6.66. The summed E-state index contributed by atoms with van der Waals surface area (Å²) in [6.07, 6.45) is 5.53. The molecular formula is C21H23FN2O. The van der Waals surface area contributed by atoms with Crippen molar-refractivity contribution in [3.8, 4) is 0 Å². The molecule has 1 aliphatic carbocycles.